The number of anilines is 1. The minimum Gasteiger partial charge on any atom is -0.365 e. The van der Waals surface area contributed by atoms with E-state index in [-0.39, 0.29) is 0 Å². The van der Waals surface area contributed by atoms with Gasteiger partial charge in [-0.3, -0.25) is 4.68 Å². The van der Waals surface area contributed by atoms with Crippen LogP contribution in [-0.2, 0) is 13.6 Å². The van der Waals surface area contributed by atoms with Crippen LogP contribution in [0.3, 0.4) is 0 Å². The Kier molecular flexibility index (Phi) is 3.77. The molecule has 0 aliphatic heterocycles. The number of aromatic nitrogens is 2. The van der Waals surface area contributed by atoms with E-state index in [0.717, 1.165) is 24.7 Å². The molecule has 0 unspecified atom stereocenters. The third-order valence-corrected chi connectivity index (χ3v) is 4.34. The van der Waals surface area contributed by atoms with Gasteiger partial charge in [0.1, 0.15) is 0 Å². The molecule has 1 saturated carbocycles. The lowest BCUT2D eigenvalue weighted by molar-refractivity contribution is 0.316. The van der Waals surface area contributed by atoms with Crippen LogP contribution in [0.2, 0.25) is 0 Å². The first-order valence-electron chi connectivity index (χ1n) is 7.52. The van der Waals surface area contributed by atoms with Gasteiger partial charge in [0.2, 0.25) is 0 Å². The molecule has 1 fully saturated rings. The summed E-state index contributed by atoms with van der Waals surface area (Å²) in [7, 11) is 2.01. The van der Waals surface area contributed by atoms with Crippen molar-refractivity contribution in [1.29, 1.82) is 0 Å². The van der Waals surface area contributed by atoms with E-state index in [1.165, 1.54) is 30.6 Å². The molecular formula is C17H23N3. The summed E-state index contributed by atoms with van der Waals surface area (Å²) in [5, 5.41) is 4.60. The van der Waals surface area contributed by atoms with Crippen molar-refractivity contribution in [3.8, 4) is 0 Å². The van der Waals surface area contributed by atoms with Crippen molar-refractivity contribution >= 4 is 5.69 Å². The van der Waals surface area contributed by atoms with Crippen LogP contribution in [0.4, 0.5) is 5.69 Å². The van der Waals surface area contributed by atoms with Crippen LogP contribution in [-0.4, -0.2) is 16.3 Å². The predicted molar refractivity (Wildman–Crippen MR) is 82.8 cm³/mol. The van der Waals surface area contributed by atoms with Crippen molar-refractivity contribution in [3.63, 3.8) is 0 Å². The maximum Gasteiger partial charge on any atom is 0.0820 e. The summed E-state index contributed by atoms with van der Waals surface area (Å²) < 4.78 is 1.96. The van der Waals surface area contributed by atoms with Crippen molar-refractivity contribution in [2.24, 2.45) is 13.0 Å². The highest BCUT2D eigenvalue weighted by atomic mass is 15.3. The molecule has 0 bridgehead atoms. The van der Waals surface area contributed by atoms with E-state index in [2.05, 4.69) is 53.3 Å². The lowest BCUT2D eigenvalue weighted by Gasteiger charge is -2.33. The largest absolute Gasteiger partial charge is 0.365 e. The molecule has 0 N–H and O–H groups in total. The highest BCUT2D eigenvalue weighted by molar-refractivity contribution is 5.46. The molecular weight excluding hydrogens is 246 g/mol. The molecule has 106 valence electrons. The number of benzene rings is 1. The first kappa shape index (κ1) is 13.2. The van der Waals surface area contributed by atoms with Crippen LogP contribution < -0.4 is 4.90 Å². The molecule has 20 heavy (non-hydrogen) atoms. The Bertz CT molecular complexity index is 535. The normalized spacial score (nSPS) is 15.1. The number of aryl methyl sites for hydroxylation is 2. The lowest BCUT2D eigenvalue weighted by Crippen LogP contribution is -2.32. The van der Waals surface area contributed by atoms with E-state index in [0.29, 0.717) is 0 Å². The Labute approximate surface area is 121 Å². The average Bonchev–Trinajstić information content (AvgIpc) is 2.72. The summed E-state index contributed by atoms with van der Waals surface area (Å²) in [6, 6.07) is 12.9. The zero-order valence-corrected chi connectivity index (χ0v) is 12.4. The monoisotopic (exact) mass is 269 g/mol. The minimum atomic E-state index is 0.861. The maximum absolute atomic E-state index is 4.60. The first-order valence-corrected chi connectivity index (χ1v) is 7.52. The summed E-state index contributed by atoms with van der Waals surface area (Å²) in [5.41, 5.74) is 3.69. The molecule has 1 aromatic carbocycles. The van der Waals surface area contributed by atoms with Gasteiger partial charge < -0.3 is 4.90 Å². The second-order valence-corrected chi connectivity index (χ2v) is 5.91. The molecule has 3 nitrogen and oxygen atoms in total. The fraction of sp³-hybridized carbons (Fsp3) is 0.471. The van der Waals surface area contributed by atoms with Crippen molar-refractivity contribution < 1.29 is 0 Å². The molecule has 2 aromatic rings. The molecule has 0 saturated heterocycles. The average molecular weight is 269 g/mol. The molecule has 0 radical (unpaired) electrons. The Hall–Kier alpha value is -1.77. The van der Waals surface area contributed by atoms with Crippen LogP contribution in [0.5, 0.6) is 0 Å². The molecule has 0 atom stereocenters. The molecule has 0 amide bonds. The van der Waals surface area contributed by atoms with Gasteiger partial charge in [0.25, 0.3) is 0 Å². The Morgan fingerprint density at radius 1 is 1.25 bits per heavy atom. The van der Waals surface area contributed by atoms with Crippen LogP contribution in [0.15, 0.2) is 36.4 Å². The van der Waals surface area contributed by atoms with E-state index in [4.69, 9.17) is 0 Å². The summed E-state index contributed by atoms with van der Waals surface area (Å²) in [5.74, 6) is 0.861. The van der Waals surface area contributed by atoms with Crippen molar-refractivity contribution in [1.82, 2.24) is 9.78 Å². The summed E-state index contributed by atoms with van der Waals surface area (Å²) in [4.78, 5) is 2.48. The summed E-state index contributed by atoms with van der Waals surface area (Å²) in [6.45, 7) is 4.16. The fourth-order valence-corrected chi connectivity index (χ4v) is 2.79. The lowest BCUT2D eigenvalue weighted by atomic mass is 9.85. The molecule has 1 aliphatic carbocycles. The van der Waals surface area contributed by atoms with E-state index in [1.54, 1.807) is 0 Å². The molecule has 3 rings (SSSR count). The fourth-order valence-electron chi connectivity index (χ4n) is 2.79. The zero-order valence-electron chi connectivity index (χ0n) is 12.4. The van der Waals surface area contributed by atoms with Crippen molar-refractivity contribution in [2.45, 2.75) is 32.7 Å². The molecule has 1 aromatic heterocycles. The second-order valence-electron chi connectivity index (χ2n) is 5.91. The van der Waals surface area contributed by atoms with Gasteiger partial charge in [-0.1, -0.05) is 24.6 Å². The predicted octanol–water partition coefficient (Wildman–Crippen LogP) is 3.54. The van der Waals surface area contributed by atoms with Crippen LogP contribution in [0.1, 0.15) is 30.7 Å². The topological polar surface area (TPSA) is 21.1 Å². The molecule has 0 spiro atoms. The van der Waals surface area contributed by atoms with Crippen molar-refractivity contribution in [2.75, 3.05) is 11.4 Å². The smallest absolute Gasteiger partial charge is 0.0820 e. The first-order chi connectivity index (χ1) is 9.72. The number of hydrogen-bond acceptors (Lipinski definition) is 2. The third kappa shape index (κ3) is 2.87. The SMILES string of the molecule is Cc1cc(CN(CC2CCC2)c2ccccc2)nn1C. The number of nitrogens with zero attached hydrogens (tertiary/aromatic N) is 3. The second kappa shape index (κ2) is 5.70. The van der Waals surface area contributed by atoms with Crippen molar-refractivity contribution in [3.05, 3.63) is 47.8 Å². The number of para-hydroxylation sites is 1. The van der Waals surface area contributed by atoms with E-state index >= 15 is 0 Å². The third-order valence-electron chi connectivity index (χ3n) is 4.34. The summed E-state index contributed by atoms with van der Waals surface area (Å²) in [6.07, 6.45) is 4.16. The maximum atomic E-state index is 4.60. The highest BCUT2D eigenvalue weighted by Crippen LogP contribution is 2.29. The van der Waals surface area contributed by atoms with Crippen LogP contribution in [0.25, 0.3) is 0 Å². The van der Waals surface area contributed by atoms with Gasteiger partial charge in [0, 0.05) is 25.0 Å². The Morgan fingerprint density at radius 3 is 2.55 bits per heavy atom. The molecule has 3 heteroatoms. The highest BCUT2D eigenvalue weighted by Gasteiger charge is 2.21. The van der Waals surface area contributed by atoms with E-state index in [1.807, 2.05) is 11.7 Å². The van der Waals surface area contributed by atoms with Gasteiger partial charge in [-0.2, -0.15) is 5.10 Å². The standard InChI is InChI=1S/C17H23N3/c1-14-11-16(18-19(14)2)13-20(12-15-7-6-8-15)17-9-4-3-5-10-17/h3-5,9-11,15H,6-8,12-13H2,1-2H3. The van der Waals surface area contributed by atoms with Crippen LogP contribution >= 0.6 is 0 Å². The zero-order chi connectivity index (χ0) is 13.9. The number of rotatable bonds is 5. The quantitative estimate of drug-likeness (QED) is 0.828. The molecule has 1 heterocycles. The van der Waals surface area contributed by atoms with Gasteiger partial charge in [-0.05, 0) is 43.9 Å². The Morgan fingerprint density at radius 2 is 2.00 bits per heavy atom. The minimum absolute atomic E-state index is 0.861. The van der Waals surface area contributed by atoms with Gasteiger partial charge in [0.15, 0.2) is 0 Å². The van der Waals surface area contributed by atoms with E-state index < -0.39 is 0 Å². The van der Waals surface area contributed by atoms with Gasteiger partial charge in [-0.25, -0.2) is 0 Å². The van der Waals surface area contributed by atoms with Crippen LogP contribution in [0, 0.1) is 12.8 Å². The summed E-state index contributed by atoms with van der Waals surface area (Å²) >= 11 is 0. The van der Waals surface area contributed by atoms with Gasteiger partial charge in [-0.15, -0.1) is 0 Å². The molecule has 1 aliphatic rings. The Balaban J connectivity index is 1.77. The van der Waals surface area contributed by atoms with Gasteiger partial charge >= 0.3 is 0 Å². The number of hydrogen-bond donors (Lipinski definition) is 0. The van der Waals surface area contributed by atoms with Gasteiger partial charge in [0.05, 0.1) is 12.2 Å². The van der Waals surface area contributed by atoms with E-state index in [9.17, 15) is 0 Å².